The molecule has 32 heavy (non-hydrogen) atoms. The summed E-state index contributed by atoms with van der Waals surface area (Å²) in [6.07, 6.45) is 0. The molecule has 1 N–H and O–H groups in total. The van der Waals surface area contributed by atoms with Crippen molar-refractivity contribution in [2.45, 2.75) is 6.92 Å². The summed E-state index contributed by atoms with van der Waals surface area (Å²) in [5, 5.41) is 34.0. The van der Waals surface area contributed by atoms with Crippen LogP contribution in [-0.2, 0) is 0 Å². The lowest BCUT2D eigenvalue weighted by molar-refractivity contribution is -0.393. The van der Waals surface area contributed by atoms with Gasteiger partial charge in [0.05, 0.1) is 34.4 Å². The van der Waals surface area contributed by atoms with Crippen LogP contribution in [-0.4, -0.2) is 31.7 Å². The molecule has 0 aliphatic rings. The molecule has 0 unspecified atom stereocenters. The normalized spacial score (nSPS) is 11.6. The molecule has 1 aromatic heterocycles. The van der Waals surface area contributed by atoms with Gasteiger partial charge in [-0.25, -0.2) is 9.67 Å². The Morgan fingerprint density at radius 1 is 0.969 bits per heavy atom. The largest absolute Gasteiger partial charge is 0.497 e. The van der Waals surface area contributed by atoms with E-state index in [9.17, 15) is 25.4 Å². The molecular formula is C21H17N5O6. The molecule has 0 saturated heterocycles. The van der Waals surface area contributed by atoms with Crippen LogP contribution in [0.4, 0.5) is 17.1 Å². The second-order valence-corrected chi connectivity index (χ2v) is 6.94. The molecule has 0 spiro atoms. The second kappa shape index (κ2) is 7.87. The standard InChI is InChI=1S/C21H17N5O6/c1-13-3-5-14(6-4-13)22-21-20-18(11-16(25(28)29)12-19(20)26(30)31)24(27)23(21)15-7-9-17(32-2)10-8-15/h3-12,27H,1-2H3. The fourth-order valence-electron chi connectivity index (χ4n) is 3.34. The minimum Gasteiger partial charge on any atom is -0.497 e. The van der Waals surface area contributed by atoms with Gasteiger partial charge in [-0.3, -0.25) is 20.2 Å². The van der Waals surface area contributed by atoms with Crippen molar-refractivity contribution in [3.05, 3.63) is 91.9 Å². The maximum Gasteiger partial charge on any atom is 0.289 e. The maximum atomic E-state index is 11.8. The van der Waals surface area contributed by atoms with E-state index in [1.165, 1.54) is 11.8 Å². The first-order valence-electron chi connectivity index (χ1n) is 9.36. The highest BCUT2D eigenvalue weighted by molar-refractivity contribution is 5.90. The van der Waals surface area contributed by atoms with Crippen LogP contribution in [0.15, 0.2) is 65.7 Å². The van der Waals surface area contributed by atoms with Crippen LogP contribution in [0.1, 0.15) is 5.56 Å². The van der Waals surface area contributed by atoms with Crippen LogP contribution >= 0.6 is 0 Å². The van der Waals surface area contributed by atoms with E-state index in [0.717, 1.165) is 17.7 Å². The summed E-state index contributed by atoms with van der Waals surface area (Å²) in [7, 11) is 1.51. The van der Waals surface area contributed by atoms with Gasteiger partial charge in [0.2, 0.25) is 0 Å². The molecule has 11 nitrogen and oxygen atoms in total. The Bertz CT molecular complexity index is 1420. The number of ether oxygens (including phenoxy) is 1. The number of nitro groups is 2. The maximum absolute atomic E-state index is 11.8. The molecule has 4 rings (SSSR count). The molecule has 0 radical (unpaired) electrons. The van der Waals surface area contributed by atoms with Crippen LogP contribution in [0.3, 0.4) is 0 Å². The van der Waals surface area contributed by atoms with Gasteiger partial charge in [-0.05, 0) is 43.3 Å². The summed E-state index contributed by atoms with van der Waals surface area (Å²) in [5.74, 6) is 0.564. The van der Waals surface area contributed by atoms with E-state index in [-0.39, 0.29) is 16.4 Å². The molecule has 0 bridgehead atoms. The minimum absolute atomic E-state index is 0.0399. The molecule has 3 aromatic carbocycles. The van der Waals surface area contributed by atoms with Gasteiger partial charge in [0, 0.05) is 6.07 Å². The number of rotatable bonds is 5. The van der Waals surface area contributed by atoms with Gasteiger partial charge in [-0.1, -0.05) is 17.7 Å². The Kier molecular flexibility index (Phi) is 5.07. The highest BCUT2D eigenvalue weighted by Crippen LogP contribution is 2.30. The molecule has 1 heterocycles. The third-order valence-electron chi connectivity index (χ3n) is 4.90. The second-order valence-electron chi connectivity index (χ2n) is 6.94. The van der Waals surface area contributed by atoms with Gasteiger partial charge in [-0.2, -0.15) is 0 Å². The molecule has 11 heteroatoms. The van der Waals surface area contributed by atoms with Crippen LogP contribution < -0.4 is 10.2 Å². The Morgan fingerprint density at radius 2 is 1.62 bits per heavy atom. The molecule has 0 saturated carbocycles. The Hall–Kier alpha value is -4.67. The van der Waals surface area contributed by atoms with E-state index >= 15 is 0 Å². The monoisotopic (exact) mass is 435 g/mol. The van der Waals surface area contributed by atoms with E-state index in [1.54, 1.807) is 36.4 Å². The zero-order valence-corrected chi connectivity index (χ0v) is 17.0. The quantitative estimate of drug-likeness (QED) is 0.285. The number of fused-ring (bicyclic) bond motifs is 1. The Balaban J connectivity index is 2.16. The molecule has 0 aliphatic carbocycles. The first kappa shape index (κ1) is 20.6. The van der Waals surface area contributed by atoms with Crippen molar-refractivity contribution in [1.29, 1.82) is 0 Å². The Labute approximate surface area is 180 Å². The summed E-state index contributed by atoms with van der Waals surface area (Å²) in [5.41, 5.74) is 0.727. The topological polar surface area (TPSA) is 138 Å². The predicted molar refractivity (Wildman–Crippen MR) is 115 cm³/mol. The highest BCUT2D eigenvalue weighted by atomic mass is 16.6. The van der Waals surface area contributed by atoms with Crippen molar-refractivity contribution in [1.82, 2.24) is 9.53 Å². The number of aryl methyl sites for hydroxylation is 1. The van der Waals surface area contributed by atoms with Crippen molar-refractivity contribution in [2.24, 2.45) is 4.99 Å². The number of hydrogen-bond donors (Lipinski definition) is 1. The molecule has 4 aromatic rings. The lowest BCUT2D eigenvalue weighted by Crippen LogP contribution is -2.21. The Morgan fingerprint density at radius 3 is 2.19 bits per heavy atom. The SMILES string of the molecule is COc1ccc(-n2c(=Nc3ccc(C)cc3)c3c([N+](=O)[O-])cc([N+](=O)[O-])cc3n2O)cc1. The van der Waals surface area contributed by atoms with Crippen LogP contribution in [0.25, 0.3) is 16.6 Å². The predicted octanol–water partition coefficient (Wildman–Crippen LogP) is 4.04. The summed E-state index contributed by atoms with van der Waals surface area (Å²) in [6, 6.07) is 15.6. The number of methoxy groups -OCH3 is 1. The van der Waals surface area contributed by atoms with Crippen molar-refractivity contribution >= 4 is 28.0 Å². The first-order valence-corrected chi connectivity index (χ1v) is 9.36. The van der Waals surface area contributed by atoms with Crippen molar-refractivity contribution in [3.8, 4) is 11.4 Å². The van der Waals surface area contributed by atoms with E-state index in [1.807, 2.05) is 19.1 Å². The van der Waals surface area contributed by atoms with Gasteiger partial charge < -0.3 is 9.94 Å². The van der Waals surface area contributed by atoms with E-state index < -0.39 is 21.2 Å². The average molecular weight is 435 g/mol. The zero-order valence-electron chi connectivity index (χ0n) is 17.0. The number of aromatic nitrogens is 2. The van der Waals surface area contributed by atoms with Crippen LogP contribution in [0.5, 0.6) is 5.75 Å². The molecule has 0 aliphatic heterocycles. The van der Waals surface area contributed by atoms with Crippen molar-refractivity contribution in [2.75, 3.05) is 7.11 Å². The molecule has 162 valence electrons. The number of nitro benzene ring substituents is 2. The lowest BCUT2D eigenvalue weighted by Gasteiger charge is -2.08. The van der Waals surface area contributed by atoms with E-state index in [4.69, 9.17) is 4.74 Å². The van der Waals surface area contributed by atoms with E-state index in [0.29, 0.717) is 22.0 Å². The van der Waals surface area contributed by atoms with Crippen molar-refractivity contribution in [3.63, 3.8) is 0 Å². The molecule has 0 atom stereocenters. The van der Waals surface area contributed by atoms with Gasteiger partial charge in [0.25, 0.3) is 11.4 Å². The summed E-state index contributed by atoms with van der Waals surface area (Å²) < 4.78 is 6.39. The van der Waals surface area contributed by atoms with Gasteiger partial charge in [0.15, 0.2) is 5.49 Å². The van der Waals surface area contributed by atoms with Gasteiger partial charge in [-0.15, -0.1) is 4.85 Å². The fourth-order valence-corrected chi connectivity index (χ4v) is 3.34. The number of benzene rings is 3. The summed E-state index contributed by atoms with van der Waals surface area (Å²) in [4.78, 5) is 26.8. The number of non-ortho nitro benzene ring substituents is 2. The van der Waals surface area contributed by atoms with Gasteiger partial charge >= 0.3 is 0 Å². The number of hydrogen-bond acceptors (Lipinski definition) is 7. The van der Waals surface area contributed by atoms with Crippen LogP contribution in [0, 0.1) is 27.2 Å². The minimum atomic E-state index is -0.756. The number of nitrogens with zero attached hydrogens (tertiary/aromatic N) is 5. The first-order chi connectivity index (χ1) is 15.3. The smallest absolute Gasteiger partial charge is 0.289 e. The van der Waals surface area contributed by atoms with E-state index in [2.05, 4.69) is 4.99 Å². The van der Waals surface area contributed by atoms with Crippen molar-refractivity contribution < 1.29 is 19.8 Å². The summed E-state index contributed by atoms with van der Waals surface area (Å²) in [6.45, 7) is 1.91. The third-order valence-corrected chi connectivity index (χ3v) is 4.90. The average Bonchev–Trinajstić information content (AvgIpc) is 3.06. The highest BCUT2D eigenvalue weighted by Gasteiger charge is 2.27. The van der Waals surface area contributed by atoms with Crippen LogP contribution in [0.2, 0.25) is 0 Å². The zero-order chi connectivity index (χ0) is 23.0. The fraction of sp³-hybridized carbons (Fsp3) is 0.0952. The molecule has 0 fully saturated rings. The van der Waals surface area contributed by atoms with Gasteiger partial charge in [0.1, 0.15) is 16.7 Å². The lowest BCUT2D eigenvalue weighted by atomic mass is 10.2. The molecule has 0 amide bonds. The third kappa shape index (κ3) is 3.51. The summed E-state index contributed by atoms with van der Waals surface area (Å²) >= 11 is 0. The molecular weight excluding hydrogens is 418 g/mol.